The molecule has 0 atom stereocenters. The van der Waals surface area contributed by atoms with Gasteiger partial charge in [0, 0.05) is 11.9 Å². The van der Waals surface area contributed by atoms with Gasteiger partial charge in [-0.1, -0.05) is 0 Å². The molecule has 0 saturated carbocycles. The van der Waals surface area contributed by atoms with E-state index in [0.29, 0.717) is 5.69 Å². The lowest BCUT2D eigenvalue weighted by Gasteiger charge is -2.05. The molecule has 0 amide bonds. The third kappa shape index (κ3) is 1.47. The number of aryl methyl sites for hydroxylation is 1. The molecule has 0 spiro atoms. The van der Waals surface area contributed by atoms with Crippen molar-refractivity contribution in [3.8, 4) is 11.8 Å². The molecule has 0 bridgehead atoms. The van der Waals surface area contributed by atoms with Gasteiger partial charge < -0.3 is 0 Å². The fourth-order valence-corrected chi connectivity index (χ4v) is 1.61. The van der Waals surface area contributed by atoms with Crippen LogP contribution in [0.15, 0.2) is 18.3 Å². The van der Waals surface area contributed by atoms with E-state index in [4.69, 9.17) is 5.26 Å². The first-order chi connectivity index (χ1) is 7.65. The maximum Gasteiger partial charge on any atom is 0.166 e. The highest BCUT2D eigenvalue weighted by Gasteiger charge is 2.12. The van der Waals surface area contributed by atoms with E-state index in [1.54, 1.807) is 10.9 Å². The summed E-state index contributed by atoms with van der Waals surface area (Å²) in [5.41, 5.74) is 4.30. The lowest BCUT2D eigenvalue weighted by molar-refractivity contribution is 0.824. The molecular weight excluding hydrogens is 200 g/mol. The second kappa shape index (κ2) is 3.78. The molecule has 0 fully saturated rings. The molecule has 2 aromatic heterocycles. The maximum absolute atomic E-state index is 8.99. The Labute approximate surface area is 94.2 Å². The highest BCUT2D eigenvalue weighted by molar-refractivity contribution is 5.45. The third-order valence-corrected chi connectivity index (χ3v) is 2.77. The summed E-state index contributed by atoms with van der Waals surface area (Å²) in [6, 6.07) is 5.74. The van der Waals surface area contributed by atoms with Gasteiger partial charge in [-0.3, -0.25) is 0 Å². The lowest BCUT2D eigenvalue weighted by Crippen LogP contribution is -2.03. The van der Waals surface area contributed by atoms with Crippen molar-refractivity contribution in [1.29, 1.82) is 5.26 Å². The van der Waals surface area contributed by atoms with Gasteiger partial charge in [-0.15, -0.1) is 0 Å². The van der Waals surface area contributed by atoms with Crippen LogP contribution in [0, 0.1) is 32.1 Å². The average molecular weight is 212 g/mol. The maximum atomic E-state index is 8.99. The van der Waals surface area contributed by atoms with Gasteiger partial charge in [0.15, 0.2) is 5.69 Å². The molecule has 16 heavy (non-hydrogen) atoms. The summed E-state index contributed by atoms with van der Waals surface area (Å²) < 4.78 is 1.77. The summed E-state index contributed by atoms with van der Waals surface area (Å²) >= 11 is 0. The molecule has 0 aliphatic carbocycles. The van der Waals surface area contributed by atoms with Crippen LogP contribution in [0.2, 0.25) is 0 Å². The molecule has 0 unspecified atom stereocenters. The van der Waals surface area contributed by atoms with Crippen LogP contribution in [0.25, 0.3) is 5.69 Å². The predicted octanol–water partition coefficient (Wildman–Crippen LogP) is 2.06. The Morgan fingerprint density at radius 3 is 2.62 bits per heavy atom. The first-order valence-electron chi connectivity index (χ1n) is 5.03. The monoisotopic (exact) mass is 212 g/mol. The van der Waals surface area contributed by atoms with Crippen molar-refractivity contribution < 1.29 is 0 Å². The van der Waals surface area contributed by atoms with E-state index >= 15 is 0 Å². The van der Waals surface area contributed by atoms with Crippen LogP contribution in [0.4, 0.5) is 0 Å². The van der Waals surface area contributed by atoms with Gasteiger partial charge in [0.25, 0.3) is 0 Å². The van der Waals surface area contributed by atoms with Gasteiger partial charge in [0.1, 0.15) is 11.8 Å². The zero-order valence-electron chi connectivity index (χ0n) is 9.52. The molecule has 4 heteroatoms. The van der Waals surface area contributed by atoms with Crippen LogP contribution in [-0.4, -0.2) is 14.8 Å². The summed E-state index contributed by atoms with van der Waals surface area (Å²) in [6.07, 6.45) is 1.61. The fraction of sp³-hybridized carbons (Fsp3) is 0.250. The second-order valence-corrected chi connectivity index (χ2v) is 3.69. The molecule has 0 N–H and O–H groups in total. The summed E-state index contributed by atoms with van der Waals surface area (Å²) in [5, 5.41) is 13.4. The fourth-order valence-electron chi connectivity index (χ4n) is 1.61. The smallest absolute Gasteiger partial charge is 0.166 e. The average Bonchev–Trinajstić information content (AvgIpc) is 2.57. The van der Waals surface area contributed by atoms with Crippen LogP contribution in [0.5, 0.6) is 0 Å². The number of hydrogen-bond acceptors (Lipinski definition) is 3. The van der Waals surface area contributed by atoms with Crippen LogP contribution < -0.4 is 0 Å². The minimum Gasteiger partial charge on any atom is -0.243 e. The van der Waals surface area contributed by atoms with E-state index in [1.807, 2.05) is 32.9 Å². The molecule has 2 rings (SSSR count). The van der Waals surface area contributed by atoms with Crippen molar-refractivity contribution in [2.75, 3.05) is 0 Å². The number of nitriles is 1. The SMILES string of the molecule is Cc1nn(-c2cccnc2C#N)c(C)c1C. The van der Waals surface area contributed by atoms with Gasteiger partial charge >= 0.3 is 0 Å². The van der Waals surface area contributed by atoms with E-state index in [-0.39, 0.29) is 0 Å². The zero-order chi connectivity index (χ0) is 11.7. The molecule has 0 aliphatic rings. The van der Waals surface area contributed by atoms with Crippen molar-refractivity contribution in [3.05, 3.63) is 41.0 Å². The van der Waals surface area contributed by atoms with Crippen LogP contribution in [0.3, 0.4) is 0 Å². The molecule has 80 valence electrons. The van der Waals surface area contributed by atoms with Crippen molar-refractivity contribution in [3.63, 3.8) is 0 Å². The molecule has 2 heterocycles. The van der Waals surface area contributed by atoms with Crippen molar-refractivity contribution in [1.82, 2.24) is 14.8 Å². The van der Waals surface area contributed by atoms with Crippen molar-refractivity contribution in [2.45, 2.75) is 20.8 Å². The van der Waals surface area contributed by atoms with Gasteiger partial charge in [0.05, 0.1) is 5.69 Å². The number of hydrogen-bond donors (Lipinski definition) is 0. The number of nitrogens with zero attached hydrogens (tertiary/aromatic N) is 4. The molecule has 0 radical (unpaired) electrons. The summed E-state index contributed by atoms with van der Waals surface area (Å²) in [7, 11) is 0. The summed E-state index contributed by atoms with van der Waals surface area (Å²) in [4.78, 5) is 4.03. The van der Waals surface area contributed by atoms with Crippen LogP contribution >= 0.6 is 0 Å². The summed E-state index contributed by atoms with van der Waals surface area (Å²) in [6.45, 7) is 5.97. The first kappa shape index (κ1) is 10.4. The molecule has 2 aromatic rings. The van der Waals surface area contributed by atoms with Gasteiger partial charge in [-0.2, -0.15) is 10.4 Å². The van der Waals surface area contributed by atoms with E-state index in [2.05, 4.69) is 16.2 Å². The van der Waals surface area contributed by atoms with Gasteiger partial charge in [-0.05, 0) is 38.5 Å². The van der Waals surface area contributed by atoms with E-state index < -0.39 is 0 Å². The Kier molecular flexibility index (Phi) is 2.45. The highest BCUT2D eigenvalue weighted by Crippen LogP contribution is 2.18. The first-order valence-corrected chi connectivity index (χ1v) is 5.03. The van der Waals surface area contributed by atoms with Gasteiger partial charge in [-0.25, -0.2) is 9.67 Å². The minimum absolute atomic E-state index is 0.396. The quantitative estimate of drug-likeness (QED) is 0.727. The Morgan fingerprint density at radius 1 is 1.31 bits per heavy atom. The largest absolute Gasteiger partial charge is 0.243 e. The van der Waals surface area contributed by atoms with E-state index in [9.17, 15) is 0 Å². The number of aromatic nitrogens is 3. The summed E-state index contributed by atoms with van der Waals surface area (Å²) in [5.74, 6) is 0. The lowest BCUT2D eigenvalue weighted by atomic mass is 10.2. The Hall–Kier alpha value is -2.15. The minimum atomic E-state index is 0.396. The standard InChI is InChI=1S/C12H12N4/c1-8-9(2)15-16(10(8)3)12-5-4-6-14-11(12)7-13/h4-6H,1-3H3. The van der Waals surface area contributed by atoms with Crippen LogP contribution in [0.1, 0.15) is 22.6 Å². The van der Waals surface area contributed by atoms with Crippen molar-refractivity contribution >= 4 is 0 Å². The molecule has 0 aromatic carbocycles. The normalized spacial score (nSPS) is 10.1. The Bertz CT molecular complexity index is 575. The topological polar surface area (TPSA) is 54.5 Å². The second-order valence-electron chi connectivity index (χ2n) is 3.69. The highest BCUT2D eigenvalue weighted by atomic mass is 15.3. The Balaban J connectivity index is 2.69. The van der Waals surface area contributed by atoms with E-state index in [1.165, 1.54) is 0 Å². The van der Waals surface area contributed by atoms with Crippen molar-refractivity contribution in [2.24, 2.45) is 0 Å². The van der Waals surface area contributed by atoms with E-state index in [0.717, 1.165) is 22.6 Å². The van der Waals surface area contributed by atoms with Crippen LogP contribution in [-0.2, 0) is 0 Å². The molecule has 0 saturated heterocycles. The molecular formula is C12H12N4. The third-order valence-electron chi connectivity index (χ3n) is 2.77. The van der Waals surface area contributed by atoms with Gasteiger partial charge in [0.2, 0.25) is 0 Å². The Morgan fingerprint density at radius 2 is 2.06 bits per heavy atom. The number of pyridine rings is 1. The molecule has 0 aliphatic heterocycles. The zero-order valence-corrected chi connectivity index (χ0v) is 9.52. The number of rotatable bonds is 1. The predicted molar refractivity (Wildman–Crippen MR) is 60.3 cm³/mol. The molecule has 4 nitrogen and oxygen atoms in total.